The first-order chi connectivity index (χ1) is 11.8. The molecule has 0 aromatic rings. The summed E-state index contributed by atoms with van der Waals surface area (Å²) in [5.74, 6) is 0.857. The van der Waals surface area contributed by atoms with Crippen molar-refractivity contribution in [1.29, 1.82) is 0 Å². The number of ether oxygens (including phenoxy) is 1. The molecule has 0 N–H and O–H groups in total. The summed E-state index contributed by atoms with van der Waals surface area (Å²) >= 11 is 0. The lowest BCUT2D eigenvalue weighted by Gasteiger charge is -2.05. The second-order valence-corrected chi connectivity index (χ2v) is 7.80. The Morgan fingerprint density at radius 3 is 1.67 bits per heavy atom. The summed E-state index contributed by atoms with van der Waals surface area (Å²) in [7, 11) is 0. The van der Waals surface area contributed by atoms with E-state index in [0.29, 0.717) is 13.0 Å². The van der Waals surface area contributed by atoms with Crippen molar-refractivity contribution in [3.05, 3.63) is 0 Å². The van der Waals surface area contributed by atoms with Crippen molar-refractivity contribution >= 4 is 5.97 Å². The molecule has 0 aromatic carbocycles. The highest BCUT2D eigenvalue weighted by atomic mass is 16.5. The Morgan fingerprint density at radius 2 is 1.21 bits per heavy atom. The van der Waals surface area contributed by atoms with Crippen LogP contribution in [0.25, 0.3) is 0 Å². The van der Waals surface area contributed by atoms with E-state index in [9.17, 15) is 4.79 Å². The average Bonchev–Trinajstić information content (AvgIpc) is 3.41. The number of hydrogen-bond donors (Lipinski definition) is 0. The predicted molar refractivity (Wildman–Crippen MR) is 103 cm³/mol. The Morgan fingerprint density at radius 1 is 0.750 bits per heavy atom. The van der Waals surface area contributed by atoms with Crippen molar-refractivity contribution in [1.82, 2.24) is 0 Å². The average molecular weight is 339 g/mol. The monoisotopic (exact) mass is 338 g/mol. The maximum absolute atomic E-state index is 11.5. The van der Waals surface area contributed by atoms with Gasteiger partial charge in [-0.3, -0.25) is 4.79 Å². The summed E-state index contributed by atoms with van der Waals surface area (Å²) in [6.07, 6.45) is 23.4. The molecule has 0 spiro atoms. The van der Waals surface area contributed by atoms with Crippen molar-refractivity contribution in [2.75, 3.05) is 6.61 Å². The van der Waals surface area contributed by atoms with Crippen LogP contribution in [0, 0.1) is 5.92 Å². The highest BCUT2D eigenvalue weighted by molar-refractivity contribution is 5.69. The fourth-order valence-corrected chi connectivity index (χ4v) is 3.28. The third-order valence-corrected chi connectivity index (χ3v) is 5.21. The summed E-state index contributed by atoms with van der Waals surface area (Å²) in [5.41, 5.74) is 0. The quantitative estimate of drug-likeness (QED) is 0.195. The summed E-state index contributed by atoms with van der Waals surface area (Å²) in [6, 6.07) is 0. The van der Waals surface area contributed by atoms with Crippen LogP contribution in [-0.2, 0) is 9.53 Å². The Balaban J connectivity index is 1.66. The van der Waals surface area contributed by atoms with Gasteiger partial charge in [0.2, 0.25) is 0 Å². The second kappa shape index (κ2) is 16.0. The lowest BCUT2D eigenvalue weighted by atomic mass is 10.0. The molecule has 0 aliphatic heterocycles. The molecular weight excluding hydrogens is 296 g/mol. The third kappa shape index (κ3) is 15.0. The molecule has 0 atom stereocenters. The normalized spacial score (nSPS) is 14.0. The zero-order chi connectivity index (χ0) is 17.3. The molecule has 0 radical (unpaired) electrons. The van der Waals surface area contributed by atoms with Crippen molar-refractivity contribution in [2.24, 2.45) is 5.92 Å². The Labute approximate surface area is 151 Å². The molecule has 2 heteroatoms. The number of carbonyl (C=O) groups is 1. The van der Waals surface area contributed by atoms with E-state index in [4.69, 9.17) is 4.74 Å². The van der Waals surface area contributed by atoms with Crippen LogP contribution in [0.4, 0.5) is 0 Å². The third-order valence-electron chi connectivity index (χ3n) is 5.21. The fourth-order valence-electron chi connectivity index (χ4n) is 3.28. The van der Waals surface area contributed by atoms with E-state index in [2.05, 4.69) is 6.92 Å². The van der Waals surface area contributed by atoms with Crippen LogP contribution in [-0.4, -0.2) is 12.6 Å². The fraction of sp³-hybridized carbons (Fsp3) is 0.955. The van der Waals surface area contributed by atoms with Crippen LogP contribution >= 0.6 is 0 Å². The number of esters is 1. The standard InChI is InChI=1S/C22H42O2/c1-2-3-4-5-6-7-8-9-10-11-12-13-14-15-20-24-22(23)19-18-21-16-17-21/h21H,2-20H2,1H3. The smallest absolute Gasteiger partial charge is 0.305 e. The molecule has 0 heterocycles. The lowest BCUT2D eigenvalue weighted by Crippen LogP contribution is -2.05. The van der Waals surface area contributed by atoms with Crippen LogP contribution in [0.5, 0.6) is 0 Å². The number of unbranched alkanes of at least 4 members (excludes halogenated alkanes) is 13. The van der Waals surface area contributed by atoms with E-state index < -0.39 is 0 Å². The van der Waals surface area contributed by atoms with Crippen molar-refractivity contribution in [3.63, 3.8) is 0 Å². The summed E-state index contributed by atoms with van der Waals surface area (Å²) < 4.78 is 5.29. The minimum atomic E-state index is 0.0246. The Bertz CT molecular complexity index is 284. The second-order valence-electron chi connectivity index (χ2n) is 7.80. The Hall–Kier alpha value is -0.530. The van der Waals surface area contributed by atoms with E-state index in [0.717, 1.165) is 18.8 Å². The van der Waals surface area contributed by atoms with Gasteiger partial charge in [0, 0.05) is 6.42 Å². The van der Waals surface area contributed by atoms with Crippen molar-refractivity contribution in [2.45, 2.75) is 122 Å². The molecule has 0 aromatic heterocycles. The number of hydrogen-bond acceptors (Lipinski definition) is 2. The Kier molecular flexibility index (Phi) is 14.3. The first-order valence-electron chi connectivity index (χ1n) is 11.0. The molecule has 24 heavy (non-hydrogen) atoms. The highest BCUT2D eigenvalue weighted by Crippen LogP contribution is 2.33. The maximum Gasteiger partial charge on any atom is 0.305 e. The van der Waals surface area contributed by atoms with E-state index >= 15 is 0 Å². The van der Waals surface area contributed by atoms with Gasteiger partial charge in [-0.05, 0) is 18.8 Å². The van der Waals surface area contributed by atoms with Crippen molar-refractivity contribution in [3.8, 4) is 0 Å². The van der Waals surface area contributed by atoms with Gasteiger partial charge in [0.05, 0.1) is 6.61 Å². The first-order valence-corrected chi connectivity index (χ1v) is 11.0. The minimum absolute atomic E-state index is 0.0246. The molecule has 0 unspecified atom stereocenters. The maximum atomic E-state index is 11.5. The van der Waals surface area contributed by atoms with E-state index in [-0.39, 0.29) is 5.97 Å². The van der Waals surface area contributed by atoms with Crippen molar-refractivity contribution < 1.29 is 9.53 Å². The molecular formula is C22H42O2. The SMILES string of the molecule is CCCCCCCCCCCCCCCCOC(=O)CCC1CC1. The molecule has 0 saturated heterocycles. The van der Waals surface area contributed by atoms with Gasteiger partial charge in [-0.15, -0.1) is 0 Å². The van der Waals surface area contributed by atoms with Gasteiger partial charge in [-0.25, -0.2) is 0 Å². The lowest BCUT2D eigenvalue weighted by molar-refractivity contribution is -0.144. The van der Waals surface area contributed by atoms with E-state index in [1.807, 2.05) is 0 Å². The van der Waals surface area contributed by atoms with Gasteiger partial charge in [0.25, 0.3) is 0 Å². The van der Waals surface area contributed by atoms with Crippen LogP contribution in [0.3, 0.4) is 0 Å². The zero-order valence-corrected chi connectivity index (χ0v) is 16.3. The topological polar surface area (TPSA) is 26.3 Å². The molecule has 1 saturated carbocycles. The molecule has 0 amide bonds. The van der Waals surface area contributed by atoms with Gasteiger partial charge in [0.15, 0.2) is 0 Å². The van der Waals surface area contributed by atoms with Gasteiger partial charge >= 0.3 is 5.97 Å². The largest absolute Gasteiger partial charge is 0.466 e. The molecule has 0 bridgehead atoms. The first kappa shape index (κ1) is 21.5. The minimum Gasteiger partial charge on any atom is -0.466 e. The van der Waals surface area contributed by atoms with Gasteiger partial charge in [-0.2, -0.15) is 0 Å². The van der Waals surface area contributed by atoms with Gasteiger partial charge < -0.3 is 4.74 Å². The number of carbonyl (C=O) groups excluding carboxylic acids is 1. The molecule has 1 aliphatic carbocycles. The summed E-state index contributed by atoms with van der Waals surface area (Å²) in [6.45, 7) is 2.92. The number of rotatable bonds is 18. The molecule has 1 aliphatic rings. The van der Waals surface area contributed by atoms with Gasteiger partial charge in [0.1, 0.15) is 0 Å². The molecule has 142 valence electrons. The van der Waals surface area contributed by atoms with Crippen LogP contribution < -0.4 is 0 Å². The van der Waals surface area contributed by atoms with Crippen LogP contribution in [0.15, 0.2) is 0 Å². The molecule has 1 rings (SSSR count). The highest BCUT2D eigenvalue weighted by Gasteiger charge is 2.22. The van der Waals surface area contributed by atoms with E-state index in [1.165, 1.54) is 96.3 Å². The van der Waals surface area contributed by atoms with Crippen LogP contribution in [0.1, 0.15) is 122 Å². The summed E-state index contributed by atoms with van der Waals surface area (Å²) in [4.78, 5) is 11.5. The van der Waals surface area contributed by atoms with E-state index in [1.54, 1.807) is 0 Å². The zero-order valence-electron chi connectivity index (χ0n) is 16.3. The summed E-state index contributed by atoms with van der Waals surface area (Å²) in [5, 5.41) is 0. The molecule has 1 fully saturated rings. The predicted octanol–water partition coefficient (Wildman–Crippen LogP) is 7.20. The van der Waals surface area contributed by atoms with Crippen LogP contribution in [0.2, 0.25) is 0 Å². The molecule has 2 nitrogen and oxygen atoms in total. The van der Waals surface area contributed by atoms with Gasteiger partial charge in [-0.1, -0.05) is 103 Å².